The highest BCUT2D eigenvalue weighted by Crippen LogP contribution is 2.22. The van der Waals surface area contributed by atoms with Gasteiger partial charge in [-0.2, -0.15) is 0 Å². The Balaban J connectivity index is 1.44. The third kappa shape index (κ3) is 4.34. The minimum atomic E-state index is -0.0441. The number of benzene rings is 1. The van der Waals surface area contributed by atoms with Crippen LogP contribution in [0.15, 0.2) is 46.6 Å². The van der Waals surface area contributed by atoms with Crippen molar-refractivity contribution < 1.29 is 4.79 Å². The first kappa shape index (κ1) is 19.6. The summed E-state index contributed by atoms with van der Waals surface area (Å²) < 4.78 is 2.34. The standard InChI is InChI=1S/C22H26N4O2S/c1-16(17-7-3-2-4-8-17)15-23-19(27)9-13-26-21(28)20-18(10-14-29-20)24-22(26)25-11-5-6-12-25/h2-4,7-8,10,14,16H,5-6,9,11-13,15H2,1H3,(H,23,27)/t16-/m0/s1. The van der Waals surface area contributed by atoms with Gasteiger partial charge in [-0.15, -0.1) is 11.3 Å². The van der Waals surface area contributed by atoms with Gasteiger partial charge in [-0.25, -0.2) is 4.98 Å². The summed E-state index contributed by atoms with van der Waals surface area (Å²) >= 11 is 1.41. The van der Waals surface area contributed by atoms with E-state index in [1.807, 2.05) is 29.6 Å². The zero-order chi connectivity index (χ0) is 20.2. The second-order valence-corrected chi connectivity index (χ2v) is 8.48. The predicted octanol–water partition coefficient (Wildman–Crippen LogP) is 3.37. The second kappa shape index (κ2) is 8.78. The topological polar surface area (TPSA) is 67.2 Å². The molecule has 0 aliphatic carbocycles. The van der Waals surface area contributed by atoms with Crippen molar-refractivity contribution in [3.63, 3.8) is 0 Å². The third-order valence-corrected chi connectivity index (χ3v) is 6.36. The summed E-state index contributed by atoms with van der Waals surface area (Å²) in [6.45, 7) is 4.84. The number of fused-ring (bicyclic) bond motifs is 1. The molecule has 3 aromatic rings. The van der Waals surface area contributed by atoms with Crippen LogP contribution in [0.25, 0.3) is 10.2 Å². The highest BCUT2D eigenvalue weighted by Gasteiger charge is 2.21. The molecular formula is C22H26N4O2S. The number of carbonyl (C=O) groups excluding carboxylic acids is 1. The molecule has 6 nitrogen and oxygen atoms in total. The molecule has 2 aromatic heterocycles. The van der Waals surface area contributed by atoms with E-state index in [1.165, 1.54) is 16.9 Å². The summed E-state index contributed by atoms with van der Waals surface area (Å²) in [5, 5.41) is 4.90. The van der Waals surface area contributed by atoms with E-state index < -0.39 is 0 Å². The number of anilines is 1. The molecule has 4 rings (SSSR count). The van der Waals surface area contributed by atoms with Gasteiger partial charge in [-0.05, 0) is 35.8 Å². The molecular weight excluding hydrogens is 384 g/mol. The summed E-state index contributed by atoms with van der Waals surface area (Å²) in [6.07, 6.45) is 2.48. The Morgan fingerprint density at radius 1 is 1.21 bits per heavy atom. The Labute approximate surface area is 174 Å². The fraction of sp³-hybridized carbons (Fsp3) is 0.409. The van der Waals surface area contributed by atoms with E-state index in [9.17, 15) is 9.59 Å². The van der Waals surface area contributed by atoms with Gasteiger partial charge in [0.25, 0.3) is 5.56 Å². The Bertz CT molecular complexity index is 1040. The molecule has 0 spiro atoms. The average Bonchev–Trinajstić information content (AvgIpc) is 3.43. The number of rotatable bonds is 7. The van der Waals surface area contributed by atoms with Crippen molar-refractivity contribution in [1.82, 2.24) is 14.9 Å². The number of hydrogen-bond acceptors (Lipinski definition) is 5. The van der Waals surface area contributed by atoms with Gasteiger partial charge in [-0.1, -0.05) is 37.3 Å². The van der Waals surface area contributed by atoms with E-state index in [0.29, 0.717) is 23.7 Å². The normalized spacial score (nSPS) is 15.0. The van der Waals surface area contributed by atoms with E-state index in [2.05, 4.69) is 29.3 Å². The lowest BCUT2D eigenvalue weighted by molar-refractivity contribution is -0.121. The molecule has 1 amide bonds. The van der Waals surface area contributed by atoms with Crippen LogP contribution in [0.5, 0.6) is 0 Å². The fourth-order valence-corrected chi connectivity index (χ4v) is 4.54. The minimum absolute atomic E-state index is 0.0432. The first-order valence-corrected chi connectivity index (χ1v) is 11.1. The van der Waals surface area contributed by atoms with Gasteiger partial charge in [0.2, 0.25) is 11.9 Å². The number of nitrogens with zero attached hydrogens (tertiary/aromatic N) is 3. The van der Waals surface area contributed by atoms with Gasteiger partial charge in [0.1, 0.15) is 4.70 Å². The van der Waals surface area contributed by atoms with Crippen molar-refractivity contribution >= 4 is 33.4 Å². The summed E-state index contributed by atoms with van der Waals surface area (Å²) in [6, 6.07) is 12.0. The molecule has 0 bridgehead atoms. The Morgan fingerprint density at radius 2 is 1.97 bits per heavy atom. The molecule has 1 aliphatic heterocycles. The third-order valence-electron chi connectivity index (χ3n) is 5.47. The van der Waals surface area contributed by atoms with E-state index in [-0.39, 0.29) is 23.8 Å². The maximum atomic E-state index is 13.0. The lowest BCUT2D eigenvalue weighted by atomic mass is 10.0. The molecule has 0 radical (unpaired) electrons. The maximum Gasteiger partial charge on any atom is 0.272 e. The van der Waals surface area contributed by atoms with Crippen LogP contribution in [-0.4, -0.2) is 35.1 Å². The molecule has 1 aliphatic rings. The summed E-state index contributed by atoms with van der Waals surface area (Å²) in [5.41, 5.74) is 1.91. The van der Waals surface area contributed by atoms with Gasteiger partial charge in [0, 0.05) is 32.6 Å². The molecule has 1 saturated heterocycles. The van der Waals surface area contributed by atoms with Crippen molar-refractivity contribution in [2.75, 3.05) is 24.5 Å². The SMILES string of the molecule is C[C@@H](CNC(=O)CCn1c(N2CCCC2)nc2ccsc2c1=O)c1ccccc1. The van der Waals surface area contributed by atoms with Gasteiger partial charge < -0.3 is 10.2 Å². The highest BCUT2D eigenvalue weighted by atomic mass is 32.1. The minimum Gasteiger partial charge on any atom is -0.355 e. The van der Waals surface area contributed by atoms with Crippen LogP contribution >= 0.6 is 11.3 Å². The number of nitrogens with one attached hydrogen (secondary N) is 1. The first-order valence-electron chi connectivity index (χ1n) is 10.2. The largest absolute Gasteiger partial charge is 0.355 e. The van der Waals surface area contributed by atoms with E-state index in [1.54, 1.807) is 4.57 Å². The number of carbonyl (C=O) groups is 1. The van der Waals surface area contributed by atoms with Crippen LogP contribution in [0.4, 0.5) is 5.95 Å². The lowest BCUT2D eigenvalue weighted by Gasteiger charge is -2.21. The number of amides is 1. The lowest BCUT2D eigenvalue weighted by Crippen LogP contribution is -2.33. The molecule has 1 atom stereocenters. The molecule has 7 heteroatoms. The summed E-state index contributed by atoms with van der Waals surface area (Å²) in [5.74, 6) is 0.898. The molecule has 1 fully saturated rings. The molecule has 0 unspecified atom stereocenters. The summed E-state index contributed by atoms with van der Waals surface area (Å²) in [4.78, 5) is 32.4. The van der Waals surface area contributed by atoms with Crippen molar-refractivity contribution in [3.05, 3.63) is 57.7 Å². The van der Waals surface area contributed by atoms with Crippen LogP contribution in [0.1, 0.15) is 37.7 Å². The number of aromatic nitrogens is 2. The number of thiophene rings is 1. The smallest absolute Gasteiger partial charge is 0.272 e. The monoisotopic (exact) mass is 410 g/mol. The van der Waals surface area contributed by atoms with Crippen molar-refractivity contribution in [2.24, 2.45) is 0 Å². The Hall–Kier alpha value is -2.67. The van der Waals surface area contributed by atoms with Crippen molar-refractivity contribution in [2.45, 2.75) is 38.6 Å². The molecule has 29 heavy (non-hydrogen) atoms. The van der Waals surface area contributed by atoms with E-state index in [0.717, 1.165) is 31.4 Å². The van der Waals surface area contributed by atoms with Crippen LogP contribution in [-0.2, 0) is 11.3 Å². The maximum absolute atomic E-state index is 13.0. The van der Waals surface area contributed by atoms with Gasteiger partial charge >= 0.3 is 0 Å². The second-order valence-electron chi connectivity index (χ2n) is 7.56. The van der Waals surface area contributed by atoms with Crippen molar-refractivity contribution in [1.29, 1.82) is 0 Å². The predicted molar refractivity (Wildman–Crippen MR) is 118 cm³/mol. The fourth-order valence-electron chi connectivity index (χ4n) is 3.76. The van der Waals surface area contributed by atoms with Crippen LogP contribution in [0, 0.1) is 0 Å². The van der Waals surface area contributed by atoms with Gasteiger partial charge in [0.15, 0.2) is 0 Å². The first-order chi connectivity index (χ1) is 14.1. The van der Waals surface area contributed by atoms with Crippen LogP contribution < -0.4 is 15.8 Å². The van der Waals surface area contributed by atoms with Crippen molar-refractivity contribution in [3.8, 4) is 0 Å². The highest BCUT2D eigenvalue weighted by molar-refractivity contribution is 7.17. The molecule has 0 saturated carbocycles. The molecule has 1 N–H and O–H groups in total. The van der Waals surface area contributed by atoms with Gasteiger partial charge in [-0.3, -0.25) is 14.2 Å². The van der Waals surface area contributed by atoms with Crippen LogP contribution in [0.3, 0.4) is 0 Å². The molecule has 3 heterocycles. The molecule has 1 aromatic carbocycles. The van der Waals surface area contributed by atoms with Crippen LogP contribution in [0.2, 0.25) is 0 Å². The Morgan fingerprint density at radius 3 is 2.72 bits per heavy atom. The Kier molecular flexibility index (Phi) is 5.94. The van der Waals surface area contributed by atoms with Gasteiger partial charge in [0.05, 0.1) is 5.52 Å². The molecule has 152 valence electrons. The van der Waals surface area contributed by atoms with E-state index >= 15 is 0 Å². The summed E-state index contributed by atoms with van der Waals surface area (Å²) in [7, 11) is 0. The zero-order valence-electron chi connectivity index (χ0n) is 16.6. The number of hydrogen-bond donors (Lipinski definition) is 1. The average molecular weight is 411 g/mol. The van der Waals surface area contributed by atoms with E-state index in [4.69, 9.17) is 4.98 Å². The quantitative estimate of drug-likeness (QED) is 0.649. The zero-order valence-corrected chi connectivity index (χ0v) is 17.5.